The fourth-order valence-electron chi connectivity index (χ4n) is 8.02. The Morgan fingerprint density at radius 1 is 1.19 bits per heavy atom. The van der Waals surface area contributed by atoms with Crippen LogP contribution in [0.4, 0.5) is 10.1 Å². The van der Waals surface area contributed by atoms with Crippen LogP contribution in [0.5, 0.6) is 0 Å². The zero-order chi connectivity index (χ0) is 28.9. The van der Waals surface area contributed by atoms with Gasteiger partial charge >= 0.3 is 5.97 Å². The number of aromatic carboxylic acids is 1. The number of halogens is 3. The molecule has 42 heavy (non-hydrogen) atoms. The fraction of sp³-hybridized carbons (Fsp3) is 0.452. The van der Waals surface area contributed by atoms with Gasteiger partial charge in [0.1, 0.15) is 17.3 Å². The minimum absolute atomic E-state index is 0.0798. The smallest absolute Gasteiger partial charge is 0.356 e. The standard InChI is InChI=1S/C31H29Cl2FN4O3S/c1-37(14-19-27(35-41-29(19)15-5-6-15)26-20(32)3-2-4-21(26)33)17-12-31(13-17)11-16-7-8-25(31)38(16)23-10-24-18(9-22(23)34)28(30(39)40)36-42-24/h2-4,9-10,15-17,25H,5-8,11-14H2,1H3,(H,39,40). The summed E-state index contributed by atoms with van der Waals surface area (Å²) in [5.41, 5.74) is 3.20. The number of carboxylic acids is 1. The Morgan fingerprint density at radius 2 is 1.95 bits per heavy atom. The lowest BCUT2D eigenvalue weighted by Crippen LogP contribution is -2.54. The van der Waals surface area contributed by atoms with Gasteiger partial charge in [-0.2, -0.15) is 4.37 Å². The van der Waals surface area contributed by atoms with Crippen LogP contribution in [0.15, 0.2) is 34.9 Å². The maximum absolute atomic E-state index is 15.5. The van der Waals surface area contributed by atoms with Crippen LogP contribution in [0.3, 0.4) is 0 Å². The summed E-state index contributed by atoms with van der Waals surface area (Å²) in [6.45, 7) is 0.702. The molecule has 2 aromatic heterocycles. The largest absolute Gasteiger partial charge is 0.476 e. The molecule has 2 saturated carbocycles. The Balaban J connectivity index is 1.03. The first-order valence-corrected chi connectivity index (χ1v) is 16.0. The Kier molecular flexibility index (Phi) is 6.17. The monoisotopic (exact) mass is 626 g/mol. The van der Waals surface area contributed by atoms with Gasteiger partial charge in [0.15, 0.2) is 5.69 Å². The third kappa shape index (κ3) is 4.03. The third-order valence-electron chi connectivity index (χ3n) is 10.2. The molecule has 2 atom stereocenters. The van der Waals surface area contributed by atoms with Crippen LogP contribution in [0, 0.1) is 11.2 Å². The highest BCUT2D eigenvalue weighted by Crippen LogP contribution is 2.62. The Labute approximate surface area is 256 Å². The summed E-state index contributed by atoms with van der Waals surface area (Å²) in [6.07, 6.45) is 7.49. The van der Waals surface area contributed by atoms with Crippen molar-refractivity contribution in [3.8, 4) is 11.3 Å². The summed E-state index contributed by atoms with van der Waals surface area (Å²) < 4.78 is 26.2. The summed E-state index contributed by atoms with van der Waals surface area (Å²) in [5.74, 6) is -0.137. The van der Waals surface area contributed by atoms with Gasteiger partial charge in [-0.1, -0.05) is 34.4 Å². The molecular formula is C31H29Cl2FN4O3S. The van der Waals surface area contributed by atoms with Crippen molar-refractivity contribution in [3.63, 3.8) is 0 Å². The molecule has 1 N–H and O–H groups in total. The van der Waals surface area contributed by atoms with Crippen LogP contribution in [0.2, 0.25) is 10.0 Å². The lowest BCUT2D eigenvalue weighted by molar-refractivity contribution is -0.00701. The van der Waals surface area contributed by atoms with Crippen molar-refractivity contribution in [1.29, 1.82) is 0 Å². The van der Waals surface area contributed by atoms with E-state index in [-0.39, 0.29) is 23.0 Å². The normalized spacial score (nSPS) is 26.6. The van der Waals surface area contributed by atoms with Gasteiger partial charge in [-0.15, -0.1) is 0 Å². The number of nitrogens with zero attached hydrogens (tertiary/aromatic N) is 4. The van der Waals surface area contributed by atoms with Crippen molar-refractivity contribution < 1.29 is 18.8 Å². The van der Waals surface area contributed by atoms with Crippen LogP contribution in [-0.2, 0) is 6.54 Å². The van der Waals surface area contributed by atoms with E-state index < -0.39 is 5.97 Å². The van der Waals surface area contributed by atoms with Gasteiger partial charge in [-0.05, 0) is 93.2 Å². The van der Waals surface area contributed by atoms with Crippen molar-refractivity contribution >= 4 is 56.5 Å². The second-order valence-electron chi connectivity index (χ2n) is 12.6. The maximum Gasteiger partial charge on any atom is 0.356 e. The molecule has 8 rings (SSSR count). The Hall–Kier alpha value is -2.72. The van der Waals surface area contributed by atoms with E-state index in [1.165, 1.54) is 6.07 Å². The number of hydrogen-bond acceptors (Lipinski definition) is 7. The number of carboxylic acid groups (broad SMARTS) is 1. The van der Waals surface area contributed by atoms with Gasteiger partial charge < -0.3 is 14.5 Å². The summed E-state index contributed by atoms with van der Waals surface area (Å²) in [6, 6.07) is 9.65. The van der Waals surface area contributed by atoms with Gasteiger partial charge in [0.2, 0.25) is 0 Å². The van der Waals surface area contributed by atoms with E-state index in [4.69, 9.17) is 27.7 Å². The van der Waals surface area contributed by atoms with Gasteiger partial charge in [0, 0.05) is 47.1 Å². The minimum Gasteiger partial charge on any atom is -0.476 e. The molecule has 2 aliphatic carbocycles. The summed E-state index contributed by atoms with van der Waals surface area (Å²) in [7, 11) is 2.17. The number of hydrogen-bond donors (Lipinski definition) is 1. The molecule has 0 amide bonds. The highest BCUT2D eigenvalue weighted by atomic mass is 35.5. The molecule has 218 valence electrons. The predicted molar refractivity (Wildman–Crippen MR) is 161 cm³/mol. The van der Waals surface area contributed by atoms with E-state index in [1.54, 1.807) is 0 Å². The van der Waals surface area contributed by atoms with E-state index >= 15 is 4.39 Å². The van der Waals surface area contributed by atoms with Gasteiger partial charge in [-0.3, -0.25) is 4.90 Å². The number of aromatic nitrogens is 2. The van der Waals surface area contributed by atoms with Crippen molar-refractivity contribution in [2.75, 3.05) is 11.9 Å². The van der Waals surface area contributed by atoms with Crippen LogP contribution >= 0.6 is 34.7 Å². The molecule has 7 nitrogen and oxygen atoms in total. The van der Waals surface area contributed by atoms with Crippen LogP contribution in [0.1, 0.15) is 72.7 Å². The molecule has 2 aromatic carbocycles. The average Bonchev–Trinajstić information content (AvgIpc) is 3.24. The first-order chi connectivity index (χ1) is 20.2. The van der Waals surface area contributed by atoms with Crippen molar-refractivity contribution in [2.45, 2.75) is 75.5 Å². The molecule has 2 bridgehead atoms. The molecule has 4 fully saturated rings. The predicted octanol–water partition coefficient (Wildman–Crippen LogP) is 7.99. The average molecular weight is 628 g/mol. The maximum atomic E-state index is 15.5. The number of fused-ring (bicyclic) bond motifs is 4. The molecular weight excluding hydrogens is 598 g/mol. The van der Waals surface area contributed by atoms with Gasteiger partial charge in [-0.25, -0.2) is 9.18 Å². The number of benzene rings is 2. The van der Waals surface area contributed by atoms with E-state index in [9.17, 15) is 9.90 Å². The van der Waals surface area contributed by atoms with E-state index in [0.717, 1.165) is 79.1 Å². The lowest BCUT2D eigenvalue weighted by atomic mass is 9.57. The highest BCUT2D eigenvalue weighted by molar-refractivity contribution is 7.13. The van der Waals surface area contributed by atoms with E-state index in [1.807, 2.05) is 24.3 Å². The quantitative estimate of drug-likeness (QED) is 0.222. The summed E-state index contributed by atoms with van der Waals surface area (Å²) in [4.78, 5) is 16.2. The molecule has 11 heteroatoms. The first-order valence-electron chi connectivity index (χ1n) is 14.5. The molecule has 4 heterocycles. The van der Waals surface area contributed by atoms with Gasteiger partial charge in [0.05, 0.1) is 20.4 Å². The Morgan fingerprint density at radius 3 is 2.67 bits per heavy atom. The van der Waals surface area contributed by atoms with Crippen LogP contribution < -0.4 is 4.90 Å². The first kappa shape index (κ1) is 26.9. The zero-order valence-corrected chi connectivity index (χ0v) is 25.3. The lowest BCUT2D eigenvalue weighted by Gasteiger charge is -2.53. The molecule has 4 aromatic rings. The molecule has 4 aliphatic rings. The molecule has 0 radical (unpaired) electrons. The van der Waals surface area contributed by atoms with E-state index in [0.29, 0.717) is 50.4 Å². The number of anilines is 1. The van der Waals surface area contributed by atoms with E-state index in [2.05, 4.69) is 26.4 Å². The SMILES string of the molecule is CN(Cc1c(-c2c(Cl)cccc2Cl)noc1C1CC1)C1CC2(C1)CC1CCC2N1c1cc2snc(C(=O)O)c2cc1F. The van der Waals surface area contributed by atoms with Crippen molar-refractivity contribution in [3.05, 3.63) is 63.2 Å². The third-order valence-corrected chi connectivity index (χ3v) is 11.6. The van der Waals surface area contributed by atoms with Crippen molar-refractivity contribution in [1.82, 2.24) is 14.4 Å². The summed E-state index contributed by atoms with van der Waals surface area (Å²) >= 11 is 14.3. The summed E-state index contributed by atoms with van der Waals surface area (Å²) in [5, 5.41) is 15.4. The molecule has 2 saturated heterocycles. The molecule has 2 unspecified atom stereocenters. The molecule has 1 spiro atoms. The molecule has 2 aliphatic heterocycles. The zero-order valence-electron chi connectivity index (χ0n) is 22.9. The van der Waals surface area contributed by atoms with Crippen LogP contribution in [-0.4, -0.2) is 50.7 Å². The fourth-order valence-corrected chi connectivity index (χ4v) is 9.38. The Bertz CT molecular complexity index is 1730. The second kappa shape index (κ2) is 9.64. The van der Waals surface area contributed by atoms with Gasteiger partial charge in [0.25, 0.3) is 0 Å². The minimum atomic E-state index is -1.13. The number of rotatable bonds is 7. The topological polar surface area (TPSA) is 82.7 Å². The highest BCUT2D eigenvalue weighted by Gasteiger charge is 2.62. The van der Waals surface area contributed by atoms with Crippen molar-refractivity contribution in [2.24, 2.45) is 5.41 Å². The number of carbonyl (C=O) groups is 1. The second-order valence-corrected chi connectivity index (χ2v) is 14.2. The van der Waals surface area contributed by atoms with Crippen LogP contribution in [0.25, 0.3) is 21.3 Å².